The number of hydrogen-bond donors (Lipinski definition) is 1. The maximum absolute atomic E-state index is 6.06. The van der Waals surface area contributed by atoms with E-state index in [9.17, 15) is 0 Å². The quantitative estimate of drug-likeness (QED) is 0.839. The molecule has 0 radical (unpaired) electrons. The van der Waals surface area contributed by atoms with Gasteiger partial charge in [-0.3, -0.25) is 0 Å². The van der Waals surface area contributed by atoms with E-state index in [1.54, 1.807) is 0 Å². The normalized spacial score (nSPS) is 12.2. The average molecular weight is 283 g/mol. The van der Waals surface area contributed by atoms with Crippen LogP contribution in [-0.4, -0.2) is 6.54 Å². The molecular weight excluding hydrogens is 258 g/mol. The molecule has 0 fully saturated rings. The van der Waals surface area contributed by atoms with E-state index in [2.05, 4.69) is 75.5 Å². The van der Waals surface area contributed by atoms with Crippen molar-refractivity contribution in [3.63, 3.8) is 0 Å². The second-order valence-corrected chi connectivity index (χ2v) is 5.60. The van der Waals surface area contributed by atoms with Crippen LogP contribution in [0, 0.1) is 13.8 Å². The third-order valence-electron chi connectivity index (χ3n) is 3.62. The van der Waals surface area contributed by atoms with Crippen LogP contribution in [0.15, 0.2) is 42.5 Å². The highest BCUT2D eigenvalue weighted by Crippen LogP contribution is 2.27. The predicted octanol–water partition coefficient (Wildman–Crippen LogP) is 4.55. The molecule has 0 aliphatic heterocycles. The predicted molar refractivity (Wildman–Crippen MR) is 88.8 cm³/mol. The van der Waals surface area contributed by atoms with Gasteiger partial charge in [-0.1, -0.05) is 54.4 Å². The molecule has 2 aromatic carbocycles. The lowest BCUT2D eigenvalue weighted by molar-refractivity contribution is 0.299. The Hall–Kier alpha value is -1.80. The molecule has 0 saturated heterocycles. The van der Waals surface area contributed by atoms with E-state index in [-0.39, 0.29) is 0 Å². The fourth-order valence-electron chi connectivity index (χ4n) is 2.52. The van der Waals surface area contributed by atoms with E-state index in [1.165, 1.54) is 22.3 Å². The first-order valence-corrected chi connectivity index (χ1v) is 7.62. The Morgan fingerprint density at radius 3 is 2.52 bits per heavy atom. The van der Waals surface area contributed by atoms with Gasteiger partial charge in [0.15, 0.2) is 0 Å². The van der Waals surface area contributed by atoms with Crippen molar-refractivity contribution in [2.45, 2.75) is 40.3 Å². The summed E-state index contributed by atoms with van der Waals surface area (Å²) in [6.07, 6.45) is 0. The first-order chi connectivity index (χ1) is 10.1. The summed E-state index contributed by atoms with van der Waals surface area (Å²) in [6, 6.07) is 15.1. The van der Waals surface area contributed by atoms with Gasteiger partial charge in [0.2, 0.25) is 0 Å². The zero-order chi connectivity index (χ0) is 15.2. The van der Waals surface area contributed by atoms with Gasteiger partial charge in [0.1, 0.15) is 12.4 Å². The van der Waals surface area contributed by atoms with Crippen molar-refractivity contribution in [3.05, 3.63) is 64.7 Å². The molecule has 0 spiro atoms. The first kappa shape index (κ1) is 15.6. The topological polar surface area (TPSA) is 21.3 Å². The Bertz CT molecular complexity index is 592. The molecular formula is C19H25NO. The molecule has 2 heteroatoms. The van der Waals surface area contributed by atoms with Crippen LogP contribution in [0.4, 0.5) is 0 Å². The Morgan fingerprint density at radius 2 is 1.81 bits per heavy atom. The van der Waals surface area contributed by atoms with Gasteiger partial charge in [0.25, 0.3) is 0 Å². The van der Waals surface area contributed by atoms with Crippen LogP contribution in [-0.2, 0) is 6.61 Å². The fraction of sp³-hybridized carbons (Fsp3) is 0.368. The van der Waals surface area contributed by atoms with E-state index in [1.807, 2.05) is 0 Å². The molecule has 1 N–H and O–H groups in total. The highest BCUT2D eigenvalue weighted by atomic mass is 16.5. The Kier molecular flexibility index (Phi) is 5.40. The van der Waals surface area contributed by atoms with Gasteiger partial charge >= 0.3 is 0 Å². The summed E-state index contributed by atoms with van der Waals surface area (Å²) in [4.78, 5) is 0. The highest BCUT2D eigenvalue weighted by molar-refractivity contribution is 5.39. The van der Waals surface area contributed by atoms with E-state index in [0.717, 1.165) is 12.3 Å². The summed E-state index contributed by atoms with van der Waals surface area (Å²) in [5, 5.41) is 3.46. The smallest absolute Gasteiger partial charge is 0.124 e. The maximum atomic E-state index is 6.06. The molecule has 0 saturated carbocycles. The first-order valence-electron chi connectivity index (χ1n) is 7.62. The molecule has 0 amide bonds. The SMILES string of the molecule is CCNC(C)c1cc(C)ccc1OCc1cccc(C)c1. The van der Waals surface area contributed by atoms with Gasteiger partial charge in [0.05, 0.1) is 0 Å². The van der Waals surface area contributed by atoms with Crippen molar-refractivity contribution in [1.82, 2.24) is 5.32 Å². The minimum atomic E-state index is 0.294. The van der Waals surface area contributed by atoms with Crippen molar-refractivity contribution >= 4 is 0 Å². The monoisotopic (exact) mass is 283 g/mol. The van der Waals surface area contributed by atoms with E-state index in [0.29, 0.717) is 12.6 Å². The number of nitrogens with one attached hydrogen (secondary N) is 1. The number of hydrogen-bond acceptors (Lipinski definition) is 2. The Morgan fingerprint density at radius 1 is 1.05 bits per heavy atom. The van der Waals surface area contributed by atoms with Crippen LogP contribution in [0.3, 0.4) is 0 Å². The molecule has 0 heterocycles. The summed E-state index contributed by atoms with van der Waals surface area (Å²) in [7, 11) is 0. The van der Waals surface area contributed by atoms with Gasteiger partial charge in [-0.05, 0) is 38.9 Å². The summed E-state index contributed by atoms with van der Waals surface area (Å²) in [5.41, 5.74) is 4.96. The van der Waals surface area contributed by atoms with Crippen LogP contribution in [0.2, 0.25) is 0 Å². The average Bonchev–Trinajstić information content (AvgIpc) is 2.46. The van der Waals surface area contributed by atoms with Gasteiger partial charge < -0.3 is 10.1 Å². The standard InChI is InChI=1S/C19H25NO/c1-5-20-16(4)18-12-15(3)9-10-19(18)21-13-17-8-6-7-14(2)11-17/h6-12,16,20H,5,13H2,1-4H3. The van der Waals surface area contributed by atoms with E-state index >= 15 is 0 Å². The van der Waals surface area contributed by atoms with Gasteiger partial charge in [0, 0.05) is 11.6 Å². The summed E-state index contributed by atoms with van der Waals surface area (Å²) >= 11 is 0. The van der Waals surface area contributed by atoms with Crippen LogP contribution in [0.1, 0.15) is 42.1 Å². The number of ether oxygens (including phenoxy) is 1. The molecule has 1 unspecified atom stereocenters. The molecule has 0 bridgehead atoms. The van der Waals surface area contributed by atoms with Crippen molar-refractivity contribution in [3.8, 4) is 5.75 Å². The highest BCUT2D eigenvalue weighted by Gasteiger charge is 2.11. The number of aryl methyl sites for hydroxylation is 2. The van der Waals surface area contributed by atoms with Crippen molar-refractivity contribution < 1.29 is 4.74 Å². The summed E-state index contributed by atoms with van der Waals surface area (Å²) < 4.78 is 6.06. The molecule has 0 aromatic heterocycles. The van der Waals surface area contributed by atoms with Crippen molar-refractivity contribution in [2.24, 2.45) is 0 Å². The molecule has 2 aromatic rings. The van der Waals surface area contributed by atoms with Crippen molar-refractivity contribution in [1.29, 1.82) is 0 Å². The zero-order valence-electron chi connectivity index (χ0n) is 13.4. The van der Waals surface area contributed by atoms with Crippen molar-refractivity contribution in [2.75, 3.05) is 6.54 Å². The summed E-state index contributed by atoms with van der Waals surface area (Å²) in [5.74, 6) is 0.968. The minimum absolute atomic E-state index is 0.294. The molecule has 21 heavy (non-hydrogen) atoms. The van der Waals surface area contributed by atoms with Gasteiger partial charge in [-0.15, -0.1) is 0 Å². The van der Waals surface area contributed by atoms with Crippen LogP contribution in [0.25, 0.3) is 0 Å². The second kappa shape index (κ2) is 7.28. The third-order valence-corrected chi connectivity index (χ3v) is 3.62. The summed E-state index contributed by atoms with van der Waals surface area (Å²) in [6.45, 7) is 10.1. The van der Waals surface area contributed by atoms with E-state index in [4.69, 9.17) is 4.74 Å². The zero-order valence-corrected chi connectivity index (χ0v) is 13.4. The maximum Gasteiger partial charge on any atom is 0.124 e. The second-order valence-electron chi connectivity index (χ2n) is 5.60. The fourth-order valence-corrected chi connectivity index (χ4v) is 2.52. The molecule has 2 nitrogen and oxygen atoms in total. The molecule has 2 rings (SSSR count). The number of rotatable bonds is 6. The lowest BCUT2D eigenvalue weighted by Crippen LogP contribution is -2.18. The minimum Gasteiger partial charge on any atom is -0.489 e. The Labute approximate surface area is 128 Å². The number of benzene rings is 2. The Balaban J connectivity index is 2.15. The van der Waals surface area contributed by atoms with Gasteiger partial charge in [-0.2, -0.15) is 0 Å². The van der Waals surface area contributed by atoms with E-state index < -0.39 is 0 Å². The van der Waals surface area contributed by atoms with Gasteiger partial charge in [-0.25, -0.2) is 0 Å². The third kappa shape index (κ3) is 4.33. The lowest BCUT2D eigenvalue weighted by Gasteiger charge is -2.18. The van der Waals surface area contributed by atoms with Crippen LogP contribution in [0.5, 0.6) is 5.75 Å². The van der Waals surface area contributed by atoms with Crippen LogP contribution >= 0.6 is 0 Å². The molecule has 0 aliphatic carbocycles. The lowest BCUT2D eigenvalue weighted by atomic mass is 10.0. The molecule has 1 atom stereocenters. The molecule has 112 valence electrons. The molecule has 0 aliphatic rings. The van der Waals surface area contributed by atoms with Crippen LogP contribution < -0.4 is 10.1 Å². The largest absolute Gasteiger partial charge is 0.489 e.